The number of hydrogen-bond donors (Lipinski definition) is 1. The van der Waals surface area contributed by atoms with E-state index in [2.05, 4.69) is 13.8 Å². The van der Waals surface area contributed by atoms with Gasteiger partial charge in [-0.1, -0.05) is 90.9 Å². The maximum Gasteiger partial charge on any atom is 0.0431 e. The number of hydrogen-bond acceptors (Lipinski definition) is 1. The molecule has 1 unspecified atom stereocenters. The predicted molar refractivity (Wildman–Crippen MR) is 81.9 cm³/mol. The topological polar surface area (TPSA) is 20.2 Å². The molecule has 0 spiro atoms. The Morgan fingerprint density at radius 3 is 1.61 bits per heavy atom. The normalized spacial score (nSPS) is 12.8. The van der Waals surface area contributed by atoms with Gasteiger partial charge in [-0.05, 0) is 12.3 Å². The summed E-state index contributed by atoms with van der Waals surface area (Å²) in [6.07, 6.45) is 17.6. The minimum Gasteiger partial charge on any atom is -0.396 e. The lowest BCUT2D eigenvalue weighted by Gasteiger charge is -2.16. The van der Waals surface area contributed by atoms with E-state index in [1.165, 1.54) is 77.0 Å². The zero-order valence-electron chi connectivity index (χ0n) is 12.9. The molecule has 0 heterocycles. The summed E-state index contributed by atoms with van der Waals surface area (Å²) in [5.74, 6) is 0.935. The monoisotopic (exact) mass is 256 g/mol. The van der Waals surface area contributed by atoms with E-state index < -0.39 is 0 Å². The molecule has 0 rings (SSSR count). The van der Waals surface area contributed by atoms with E-state index in [0.717, 1.165) is 12.3 Å². The summed E-state index contributed by atoms with van der Waals surface area (Å²) in [6, 6.07) is 0. The molecule has 0 fully saturated rings. The lowest BCUT2D eigenvalue weighted by atomic mass is 9.90. The third-order valence-electron chi connectivity index (χ3n) is 3.95. The van der Waals surface area contributed by atoms with E-state index in [1.807, 2.05) is 0 Å². The molecule has 0 saturated carbocycles. The average molecular weight is 256 g/mol. The molecule has 0 saturated heterocycles. The SMILES string of the molecule is CCCCCCCC(CCCCC)CCCCO. The summed E-state index contributed by atoms with van der Waals surface area (Å²) in [5, 5.41) is 8.87. The second-order valence-electron chi connectivity index (χ2n) is 5.78. The van der Waals surface area contributed by atoms with Crippen LogP contribution < -0.4 is 0 Å². The Labute approximate surface area is 115 Å². The second kappa shape index (κ2) is 15.0. The molecule has 18 heavy (non-hydrogen) atoms. The van der Waals surface area contributed by atoms with Crippen molar-refractivity contribution in [3.05, 3.63) is 0 Å². The highest BCUT2D eigenvalue weighted by Crippen LogP contribution is 2.23. The van der Waals surface area contributed by atoms with Gasteiger partial charge in [0.05, 0.1) is 0 Å². The maximum atomic E-state index is 8.87. The molecule has 1 N–H and O–H groups in total. The molecule has 0 radical (unpaired) electrons. The van der Waals surface area contributed by atoms with Crippen LogP contribution >= 0.6 is 0 Å². The van der Waals surface area contributed by atoms with Crippen LogP contribution in [0, 0.1) is 5.92 Å². The van der Waals surface area contributed by atoms with E-state index in [0.29, 0.717) is 6.61 Å². The van der Waals surface area contributed by atoms with Crippen molar-refractivity contribution >= 4 is 0 Å². The molecular weight excluding hydrogens is 220 g/mol. The Balaban J connectivity index is 3.60. The first-order valence-electron chi connectivity index (χ1n) is 8.46. The van der Waals surface area contributed by atoms with E-state index in [-0.39, 0.29) is 0 Å². The number of rotatable bonds is 14. The average Bonchev–Trinajstić information content (AvgIpc) is 2.38. The van der Waals surface area contributed by atoms with Crippen LogP contribution in [-0.4, -0.2) is 11.7 Å². The molecule has 0 aliphatic carbocycles. The van der Waals surface area contributed by atoms with Crippen LogP contribution in [0.25, 0.3) is 0 Å². The number of aliphatic hydroxyl groups excluding tert-OH is 1. The van der Waals surface area contributed by atoms with Gasteiger partial charge < -0.3 is 5.11 Å². The van der Waals surface area contributed by atoms with Gasteiger partial charge in [0.15, 0.2) is 0 Å². The fourth-order valence-corrected chi connectivity index (χ4v) is 2.70. The molecule has 0 aliphatic heterocycles. The second-order valence-corrected chi connectivity index (χ2v) is 5.78. The third kappa shape index (κ3) is 12.4. The van der Waals surface area contributed by atoms with Crippen LogP contribution in [-0.2, 0) is 0 Å². The van der Waals surface area contributed by atoms with Gasteiger partial charge >= 0.3 is 0 Å². The molecule has 1 atom stereocenters. The predicted octanol–water partition coefficient (Wildman–Crippen LogP) is 5.71. The molecule has 1 heteroatoms. The lowest BCUT2D eigenvalue weighted by molar-refractivity contribution is 0.273. The Hall–Kier alpha value is -0.0400. The van der Waals surface area contributed by atoms with Crippen LogP contribution in [0.3, 0.4) is 0 Å². The molecular formula is C17H36O. The van der Waals surface area contributed by atoms with Crippen LogP contribution in [0.15, 0.2) is 0 Å². The van der Waals surface area contributed by atoms with Crippen LogP contribution in [0.5, 0.6) is 0 Å². The zero-order chi connectivity index (χ0) is 13.5. The highest BCUT2D eigenvalue weighted by atomic mass is 16.2. The fraction of sp³-hybridized carbons (Fsp3) is 1.00. The summed E-state index contributed by atoms with van der Waals surface area (Å²) in [6.45, 7) is 4.94. The number of unbranched alkanes of at least 4 members (excludes halogenated alkanes) is 7. The Morgan fingerprint density at radius 1 is 0.611 bits per heavy atom. The van der Waals surface area contributed by atoms with Crippen molar-refractivity contribution in [3.63, 3.8) is 0 Å². The third-order valence-corrected chi connectivity index (χ3v) is 3.95. The lowest BCUT2D eigenvalue weighted by Crippen LogP contribution is -2.02. The first kappa shape index (κ1) is 18.0. The van der Waals surface area contributed by atoms with E-state index >= 15 is 0 Å². The molecule has 0 aromatic carbocycles. The van der Waals surface area contributed by atoms with Crippen molar-refractivity contribution < 1.29 is 5.11 Å². The molecule has 1 nitrogen and oxygen atoms in total. The summed E-state index contributed by atoms with van der Waals surface area (Å²) in [5.41, 5.74) is 0. The minimum atomic E-state index is 0.373. The fourth-order valence-electron chi connectivity index (χ4n) is 2.70. The highest BCUT2D eigenvalue weighted by molar-refractivity contribution is 4.61. The Morgan fingerprint density at radius 2 is 1.06 bits per heavy atom. The first-order valence-corrected chi connectivity index (χ1v) is 8.46. The molecule has 110 valence electrons. The molecule has 0 amide bonds. The minimum absolute atomic E-state index is 0.373. The quantitative estimate of drug-likeness (QED) is 0.395. The van der Waals surface area contributed by atoms with Gasteiger partial charge in [-0.25, -0.2) is 0 Å². The van der Waals surface area contributed by atoms with Gasteiger partial charge in [0.1, 0.15) is 0 Å². The van der Waals surface area contributed by atoms with Crippen molar-refractivity contribution in [2.45, 2.75) is 97.3 Å². The van der Waals surface area contributed by atoms with E-state index in [1.54, 1.807) is 0 Å². The van der Waals surface area contributed by atoms with Crippen LogP contribution in [0.4, 0.5) is 0 Å². The largest absolute Gasteiger partial charge is 0.396 e. The van der Waals surface area contributed by atoms with Gasteiger partial charge in [0, 0.05) is 6.61 Å². The van der Waals surface area contributed by atoms with Crippen molar-refractivity contribution in [3.8, 4) is 0 Å². The summed E-state index contributed by atoms with van der Waals surface area (Å²) < 4.78 is 0. The van der Waals surface area contributed by atoms with Crippen molar-refractivity contribution in [2.75, 3.05) is 6.61 Å². The summed E-state index contributed by atoms with van der Waals surface area (Å²) in [4.78, 5) is 0. The maximum absolute atomic E-state index is 8.87. The summed E-state index contributed by atoms with van der Waals surface area (Å²) in [7, 11) is 0. The molecule has 0 aromatic rings. The highest BCUT2D eigenvalue weighted by Gasteiger charge is 2.08. The Kier molecular flexibility index (Phi) is 15.0. The van der Waals surface area contributed by atoms with Gasteiger partial charge in [0.2, 0.25) is 0 Å². The standard InChI is InChI=1S/C17H36O/c1-3-5-7-8-10-14-17(13-9-6-4-2)15-11-12-16-18/h17-18H,3-16H2,1-2H3. The van der Waals surface area contributed by atoms with Crippen molar-refractivity contribution in [1.82, 2.24) is 0 Å². The van der Waals surface area contributed by atoms with Gasteiger partial charge in [-0.2, -0.15) is 0 Å². The van der Waals surface area contributed by atoms with Crippen molar-refractivity contribution in [2.24, 2.45) is 5.92 Å². The van der Waals surface area contributed by atoms with Gasteiger partial charge in [-0.3, -0.25) is 0 Å². The van der Waals surface area contributed by atoms with E-state index in [4.69, 9.17) is 5.11 Å². The van der Waals surface area contributed by atoms with Crippen molar-refractivity contribution in [1.29, 1.82) is 0 Å². The number of aliphatic hydroxyl groups is 1. The molecule has 0 aliphatic rings. The molecule has 0 bridgehead atoms. The van der Waals surface area contributed by atoms with Gasteiger partial charge in [-0.15, -0.1) is 0 Å². The Bertz CT molecular complexity index is 135. The molecule has 0 aromatic heterocycles. The van der Waals surface area contributed by atoms with Gasteiger partial charge in [0.25, 0.3) is 0 Å². The summed E-state index contributed by atoms with van der Waals surface area (Å²) >= 11 is 0. The smallest absolute Gasteiger partial charge is 0.0431 e. The zero-order valence-corrected chi connectivity index (χ0v) is 12.9. The van der Waals surface area contributed by atoms with E-state index in [9.17, 15) is 0 Å². The van der Waals surface area contributed by atoms with Crippen LogP contribution in [0.2, 0.25) is 0 Å². The van der Waals surface area contributed by atoms with Crippen LogP contribution in [0.1, 0.15) is 97.3 Å². The first-order chi connectivity index (χ1) is 8.85.